The third-order valence-corrected chi connectivity index (χ3v) is 1.97. The van der Waals surface area contributed by atoms with Crippen molar-refractivity contribution in [3.05, 3.63) is 29.8 Å². The zero-order chi connectivity index (χ0) is 12.2. The van der Waals surface area contributed by atoms with Gasteiger partial charge in [0.25, 0.3) is 0 Å². The Morgan fingerprint density at radius 3 is 2.62 bits per heavy atom. The quantitative estimate of drug-likeness (QED) is 0.810. The monoisotopic (exact) mass is 234 g/mol. The van der Waals surface area contributed by atoms with E-state index in [0.29, 0.717) is 12.8 Å². The molecule has 0 radical (unpaired) electrons. The molecule has 2 nitrogen and oxygen atoms in total. The van der Waals surface area contributed by atoms with E-state index < -0.39 is 18.0 Å². The highest BCUT2D eigenvalue weighted by molar-refractivity contribution is 5.30. The number of benzene rings is 1. The van der Waals surface area contributed by atoms with Crippen LogP contribution in [0.3, 0.4) is 0 Å². The minimum absolute atomic E-state index is 0.0239. The summed E-state index contributed by atoms with van der Waals surface area (Å²) in [7, 11) is 0. The summed E-state index contributed by atoms with van der Waals surface area (Å²) in [4.78, 5) is 0. The van der Waals surface area contributed by atoms with Crippen LogP contribution in [0.2, 0.25) is 0 Å². The van der Waals surface area contributed by atoms with Gasteiger partial charge >= 0.3 is 6.18 Å². The lowest BCUT2D eigenvalue weighted by Gasteiger charge is -2.14. The Morgan fingerprint density at radius 1 is 1.38 bits per heavy atom. The van der Waals surface area contributed by atoms with Gasteiger partial charge in [0.05, 0.1) is 5.56 Å². The largest absolute Gasteiger partial charge is 0.465 e. The lowest BCUT2D eigenvalue weighted by atomic mass is 10.2. The van der Waals surface area contributed by atoms with Gasteiger partial charge in [0, 0.05) is 6.42 Å². The van der Waals surface area contributed by atoms with Crippen LogP contribution in [0.1, 0.15) is 25.3 Å². The van der Waals surface area contributed by atoms with Gasteiger partial charge in [-0.05, 0) is 18.2 Å². The number of ether oxygens (including phenoxy) is 1. The average Bonchev–Trinajstić information content (AvgIpc) is 2.17. The van der Waals surface area contributed by atoms with Crippen molar-refractivity contribution in [2.45, 2.75) is 32.2 Å². The number of rotatable bonds is 4. The fourth-order valence-corrected chi connectivity index (χ4v) is 1.21. The second-order valence-electron chi connectivity index (χ2n) is 3.39. The minimum atomic E-state index is -4.39. The SMILES string of the molecule is CCC[C@@H](O)Oc1cccc(C(F)(F)F)c1. The molecule has 0 unspecified atom stereocenters. The van der Waals surface area contributed by atoms with E-state index in [1.807, 2.05) is 6.92 Å². The molecule has 0 aliphatic carbocycles. The van der Waals surface area contributed by atoms with E-state index in [1.165, 1.54) is 12.1 Å². The molecule has 0 fully saturated rings. The van der Waals surface area contributed by atoms with Crippen LogP contribution in [-0.2, 0) is 6.18 Å². The maximum absolute atomic E-state index is 12.3. The molecule has 0 saturated heterocycles. The van der Waals surface area contributed by atoms with Crippen molar-refractivity contribution in [1.29, 1.82) is 0 Å². The molecule has 0 saturated carbocycles. The van der Waals surface area contributed by atoms with E-state index in [0.717, 1.165) is 12.1 Å². The highest BCUT2D eigenvalue weighted by atomic mass is 19.4. The topological polar surface area (TPSA) is 29.5 Å². The summed E-state index contributed by atoms with van der Waals surface area (Å²) in [5.41, 5.74) is -0.784. The Kier molecular flexibility index (Phi) is 4.18. The van der Waals surface area contributed by atoms with Gasteiger partial charge in [0.1, 0.15) is 5.75 Å². The van der Waals surface area contributed by atoms with Crippen LogP contribution in [0, 0.1) is 0 Å². The van der Waals surface area contributed by atoms with E-state index >= 15 is 0 Å². The molecule has 0 bridgehead atoms. The molecule has 1 aromatic rings. The zero-order valence-corrected chi connectivity index (χ0v) is 8.79. The maximum Gasteiger partial charge on any atom is 0.416 e. The van der Waals surface area contributed by atoms with E-state index in [9.17, 15) is 18.3 Å². The Labute approximate surface area is 91.7 Å². The molecular formula is C11H13F3O2. The van der Waals surface area contributed by atoms with E-state index in [2.05, 4.69) is 0 Å². The minimum Gasteiger partial charge on any atom is -0.465 e. The van der Waals surface area contributed by atoms with Crippen molar-refractivity contribution in [2.75, 3.05) is 0 Å². The molecule has 0 aliphatic rings. The third kappa shape index (κ3) is 3.73. The molecule has 0 amide bonds. The van der Waals surface area contributed by atoms with Gasteiger partial charge < -0.3 is 9.84 Å². The molecule has 0 aromatic heterocycles. The number of aliphatic hydroxyl groups excluding tert-OH is 1. The van der Waals surface area contributed by atoms with Crippen molar-refractivity contribution >= 4 is 0 Å². The van der Waals surface area contributed by atoms with E-state index in [-0.39, 0.29) is 5.75 Å². The first kappa shape index (κ1) is 12.8. The van der Waals surface area contributed by atoms with Crippen LogP contribution < -0.4 is 4.74 Å². The first-order chi connectivity index (χ1) is 7.43. The summed E-state index contributed by atoms with van der Waals surface area (Å²) in [6.45, 7) is 1.85. The molecule has 1 N–H and O–H groups in total. The molecule has 90 valence electrons. The van der Waals surface area contributed by atoms with E-state index in [4.69, 9.17) is 4.74 Å². The van der Waals surface area contributed by atoms with E-state index in [1.54, 1.807) is 0 Å². The van der Waals surface area contributed by atoms with Crippen molar-refractivity contribution < 1.29 is 23.0 Å². The van der Waals surface area contributed by atoms with Crippen LogP contribution in [0.25, 0.3) is 0 Å². The number of halogens is 3. The van der Waals surface area contributed by atoms with Gasteiger partial charge in [-0.15, -0.1) is 0 Å². The van der Waals surface area contributed by atoms with Crippen LogP contribution in [-0.4, -0.2) is 11.4 Å². The van der Waals surface area contributed by atoms with Crippen LogP contribution in [0.4, 0.5) is 13.2 Å². The second-order valence-corrected chi connectivity index (χ2v) is 3.39. The Bertz CT molecular complexity index is 336. The third-order valence-electron chi connectivity index (χ3n) is 1.97. The van der Waals surface area contributed by atoms with Gasteiger partial charge in [-0.2, -0.15) is 13.2 Å². The summed E-state index contributed by atoms with van der Waals surface area (Å²) >= 11 is 0. The number of alkyl halides is 3. The standard InChI is InChI=1S/C11H13F3O2/c1-2-4-10(15)16-9-6-3-5-8(7-9)11(12,13)14/h3,5-7,10,15H,2,4H2,1H3/t10-/m0/s1. The lowest BCUT2D eigenvalue weighted by Crippen LogP contribution is -2.15. The molecule has 1 aromatic carbocycles. The highest BCUT2D eigenvalue weighted by Gasteiger charge is 2.30. The first-order valence-electron chi connectivity index (χ1n) is 4.95. The molecule has 5 heteroatoms. The molecule has 1 rings (SSSR count). The normalized spacial score (nSPS) is 13.6. The summed E-state index contributed by atoms with van der Waals surface area (Å²) in [6.07, 6.45) is -4.38. The fourth-order valence-electron chi connectivity index (χ4n) is 1.21. The molecule has 1 atom stereocenters. The second kappa shape index (κ2) is 5.21. The van der Waals surface area contributed by atoms with Crippen molar-refractivity contribution in [3.8, 4) is 5.75 Å². The Hall–Kier alpha value is -1.23. The summed E-state index contributed by atoms with van der Waals surface area (Å²) in [6, 6.07) is 4.46. The van der Waals surface area contributed by atoms with Crippen molar-refractivity contribution in [3.63, 3.8) is 0 Å². The smallest absolute Gasteiger partial charge is 0.416 e. The summed E-state index contributed by atoms with van der Waals surface area (Å²) < 4.78 is 42.0. The van der Waals surface area contributed by atoms with Gasteiger partial charge in [-0.1, -0.05) is 19.4 Å². The highest BCUT2D eigenvalue weighted by Crippen LogP contribution is 2.31. The van der Waals surface area contributed by atoms with Crippen LogP contribution in [0.15, 0.2) is 24.3 Å². The summed E-state index contributed by atoms with van der Waals surface area (Å²) in [5, 5.41) is 9.29. The molecule has 0 aliphatic heterocycles. The molecule has 0 spiro atoms. The predicted molar refractivity (Wildman–Crippen MR) is 53.0 cm³/mol. The average molecular weight is 234 g/mol. The lowest BCUT2D eigenvalue weighted by molar-refractivity contribution is -0.137. The molecule has 16 heavy (non-hydrogen) atoms. The van der Waals surface area contributed by atoms with Gasteiger partial charge in [-0.25, -0.2) is 0 Å². The Balaban J connectivity index is 2.75. The van der Waals surface area contributed by atoms with Gasteiger partial charge in [-0.3, -0.25) is 0 Å². The van der Waals surface area contributed by atoms with Gasteiger partial charge in [0.15, 0.2) is 6.29 Å². The fraction of sp³-hybridized carbons (Fsp3) is 0.455. The zero-order valence-electron chi connectivity index (χ0n) is 8.79. The van der Waals surface area contributed by atoms with Crippen LogP contribution in [0.5, 0.6) is 5.75 Å². The first-order valence-corrected chi connectivity index (χ1v) is 4.95. The van der Waals surface area contributed by atoms with Gasteiger partial charge in [0.2, 0.25) is 0 Å². The number of hydrogen-bond acceptors (Lipinski definition) is 2. The number of aliphatic hydroxyl groups is 1. The predicted octanol–water partition coefficient (Wildman–Crippen LogP) is 3.20. The summed E-state index contributed by atoms with van der Waals surface area (Å²) in [5.74, 6) is 0.0239. The molecular weight excluding hydrogens is 221 g/mol. The van der Waals surface area contributed by atoms with Crippen molar-refractivity contribution in [2.24, 2.45) is 0 Å². The maximum atomic E-state index is 12.3. The Morgan fingerprint density at radius 2 is 2.06 bits per heavy atom. The molecule has 0 heterocycles. The van der Waals surface area contributed by atoms with Crippen LogP contribution >= 0.6 is 0 Å². The number of hydrogen-bond donors (Lipinski definition) is 1. The van der Waals surface area contributed by atoms with Crippen molar-refractivity contribution in [1.82, 2.24) is 0 Å².